The number of methoxy groups -OCH3 is 1. The molecule has 2 aromatic rings. The molecule has 0 radical (unpaired) electrons. The SMILES string of the molecule is COc1cc(F)ccc1NC(=O)CCc1ccc(C)cc1. The van der Waals surface area contributed by atoms with E-state index in [9.17, 15) is 9.18 Å². The second-order valence-corrected chi connectivity index (χ2v) is 4.88. The van der Waals surface area contributed by atoms with Crippen molar-refractivity contribution in [2.24, 2.45) is 0 Å². The van der Waals surface area contributed by atoms with Crippen LogP contribution in [0.3, 0.4) is 0 Å². The van der Waals surface area contributed by atoms with Crippen molar-refractivity contribution in [3.63, 3.8) is 0 Å². The number of rotatable bonds is 5. The molecule has 0 heterocycles. The predicted molar refractivity (Wildman–Crippen MR) is 81.1 cm³/mol. The summed E-state index contributed by atoms with van der Waals surface area (Å²) in [6.45, 7) is 2.03. The molecule has 21 heavy (non-hydrogen) atoms. The largest absolute Gasteiger partial charge is 0.494 e. The number of aryl methyl sites for hydroxylation is 2. The molecule has 0 aliphatic heterocycles. The van der Waals surface area contributed by atoms with Crippen LogP contribution >= 0.6 is 0 Å². The Morgan fingerprint density at radius 3 is 2.57 bits per heavy atom. The zero-order valence-corrected chi connectivity index (χ0v) is 12.2. The maximum absolute atomic E-state index is 13.1. The Morgan fingerprint density at radius 2 is 1.90 bits per heavy atom. The number of ether oxygens (including phenoxy) is 1. The molecule has 0 aliphatic rings. The van der Waals surface area contributed by atoms with Crippen molar-refractivity contribution < 1.29 is 13.9 Å². The highest BCUT2D eigenvalue weighted by molar-refractivity contribution is 5.92. The molecule has 1 N–H and O–H groups in total. The first-order valence-corrected chi connectivity index (χ1v) is 6.77. The third kappa shape index (κ3) is 4.31. The fourth-order valence-corrected chi connectivity index (χ4v) is 1.99. The molecule has 0 unspecified atom stereocenters. The molecule has 4 heteroatoms. The van der Waals surface area contributed by atoms with Gasteiger partial charge < -0.3 is 10.1 Å². The fraction of sp³-hybridized carbons (Fsp3) is 0.235. The number of benzene rings is 2. The lowest BCUT2D eigenvalue weighted by Gasteiger charge is -2.10. The average Bonchev–Trinajstić information content (AvgIpc) is 2.48. The van der Waals surface area contributed by atoms with Crippen molar-refractivity contribution in [2.45, 2.75) is 19.8 Å². The minimum Gasteiger partial charge on any atom is -0.494 e. The Balaban J connectivity index is 1.94. The zero-order valence-electron chi connectivity index (χ0n) is 12.2. The normalized spacial score (nSPS) is 10.2. The molecule has 3 nitrogen and oxygen atoms in total. The van der Waals surface area contributed by atoms with E-state index in [0.29, 0.717) is 24.3 Å². The van der Waals surface area contributed by atoms with Gasteiger partial charge in [0.1, 0.15) is 11.6 Å². The quantitative estimate of drug-likeness (QED) is 0.910. The molecule has 1 amide bonds. The summed E-state index contributed by atoms with van der Waals surface area (Å²) in [5.41, 5.74) is 2.79. The van der Waals surface area contributed by atoms with E-state index in [1.165, 1.54) is 30.9 Å². The summed E-state index contributed by atoms with van der Waals surface area (Å²) in [4.78, 5) is 11.9. The van der Waals surface area contributed by atoms with Gasteiger partial charge in [0.15, 0.2) is 0 Å². The average molecular weight is 287 g/mol. The third-order valence-corrected chi connectivity index (χ3v) is 3.20. The summed E-state index contributed by atoms with van der Waals surface area (Å²) in [5, 5.41) is 2.74. The van der Waals surface area contributed by atoms with E-state index in [2.05, 4.69) is 5.32 Å². The summed E-state index contributed by atoms with van der Waals surface area (Å²) in [7, 11) is 1.44. The van der Waals surface area contributed by atoms with Gasteiger partial charge in [-0.2, -0.15) is 0 Å². The summed E-state index contributed by atoms with van der Waals surface area (Å²) in [6.07, 6.45) is 1.03. The summed E-state index contributed by atoms with van der Waals surface area (Å²) in [5.74, 6) is -0.205. The van der Waals surface area contributed by atoms with Crippen LogP contribution in [0, 0.1) is 12.7 Å². The summed E-state index contributed by atoms with van der Waals surface area (Å²) in [6, 6.07) is 12.1. The lowest BCUT2D eigenvalue weighted by molar-refractivity contribution is -0.116. The van der Waals surface area contributed by atoms with E-state index < -0.39 is 5.82 Å². The third-order valence-electron chi connectivity index (χ3n) is 3.20. The molecule has 0 atom stereocenters. The van der Waals surface area contributed by atoms with Crippen LogP contribution < -0.4 is 10.1 Å². The molecular formula is C17H18FNO2. The Morgan fingerprint density at radius 1 is 1.19 bits per heavy atom. The number of anilines is 1. The Labute approximate surface area is 123 Å². The Kier molecular flexibility index (Phi) is 4.93. The number of amides is 1. The smallest absolute Gasteiger partial charge is 0.224 e. The first-order chi connectivity index (χ1) is 10.1. The van der Waals surface area contributed by atoms with E-state index >= 15 is 0 Å². The molecular weight excluding hydrogens is 269 g/mol. The van der Waals surface area contributed by atoms with Crippen LogP contribution in [0.5, 0.6) is 5.75 Å². The van der Waals surface area contributed by atoms with E-state index in [-0.39, 0.29) is 5.91 Å². The molecule has 0 spiro atoms. The van der Waals surface area contributed by atoms with Crippen LogP contribution in [-0.4, -0.2) is 13.0 Å². The number of carbonyl (C=O) groups is 1. The van der Waals surface area contributed by atoms with E-state index in [1.807, 2.05) is 31.2 Å². The van der Waals surface area contributed by atoms with Gasteiger partial charge in [-0.25, -0.2) is 4.39 Å². The fourth-order valence-electron chi connectivity index (χ4n) is 1.99. The molecule has 0 fully saturated rings. The first-order valence-electron chi connectivity index (χ1n) is 6.77. The van der Waals surface area contributed by atoms with Gasteiger partial charge in [0, 0.05) is 12.5 Å². The maximum atomic E-state index is 13.1. The van der Waals surface area contributed by atoms with Gasteiger partial charge in [-0.1, -0.05) is 29.8 Å². The number of hydrogen-bond acceptors (Lipinski definition) is 2. The lowest BCUT2D eigenvalue weighted by atomic mass is 10.1. The molecule has 110 valence electrons. The first kappa shape index (κ1) is 15.0. The number of carbonyl (C=O) groups excluding carboxylic acids is 1. The topological polar surface area (TPSA) is 38.3 Å². The second-order valence-electron chi connectivity index (χ2n) is 4.88. The zero-order chi connectivity index (χ0) is 15.2. The van der Waals surface area contributed by atoms with Crippen molar-refractivity contribution in [1.82, 2.24) is 0 Å². The highest BCUT2D eigenvalue weighted by Crippen LogP contribution is 2.25. The Hall–Kier alpha value is -2.36. The van der Waals surface area contributed by atoms with Crippen molar-refractivity contribution in [3.8, 4) is 5.75 Å². The highest BCUT2D eigenvalue weighted by atomic mass is 19.1. The van der Waals surface area contributed by atoms with Crippen LogP contribution in [0.2, 0.25) is 0 Å². The van der Waals surface area contributed by atoms with Crippen LogP contribution in [0.4, 0.5) is 10.1 Å². The predicted octanol–water partition coefficient (Wildman–Crippen LogP) is 3.71. The monoisotopic (exact) mass is 287 g/mol. The van der Waals surface area contributed by atoms with Crippen molar-refractivity contribution in [2.75, 3.05) is 12.4 Å². The Bertz CT molecular complexity index is 623. The molecule has 2 aromatic carbocycles. The molecule has 0 aliphatic carbocycles. The molecule has 2 rings (SSSR count). The van der Waals surface area contributed by atoms with Crippen LogP contribution in [0.1, 0.15) is 17.5 Å². The highest BCUT2D eigenvalue weighted by Gasteiger charge is 2.08. The van der Waals surface area contributed by atoms with Crippen molar-refractivity contribution in [1.29, 1.82) is 0 Å². The standard InChI is InChI=1S/C17H18FNO2/c1-12-3-5-13(6-4-12)7-10-17(20)19-15-9-8-14(18)11-16(15)21-2/h3-6,8-9,11H,7,10H2,1-2H3,(H,19,20). The minimum atomic E-state index is -0.399. The van der Waals surface area contributed by atoms with Crippen LogP contribution in [0.25, 0.3) is 0 Å². The van der Waals surface area contributed by atoms with Crippen molar-refractivity contribution >= 4 is 11.6 Å². The summed E-state index contributed by atoms with van der Waals surface area (Å²) >= 11 is 0. The van der Waals surface area contributed by atoms with Gasteiger partial charge in [0.05, 0.1) is 12.8 Å². The maximum Gasteiger partial charge on any atom is 0.224 e. The van der Waals surface area contributed by atoms with Gasteiger partial charge in [0.2, 0.25) is 5.91 Å². The van der Waals surface area contributed by atoms with Gasteiger partial charge in [0.25, 0.3) is 0 Å². The lowest BCUT2D eigenvalue weighted by Crippen LogP contribution is -2.13. The second kappa shape index (κ2) is 6.88. The summed E-state index contributed by atoms with van der Waals surface area (Å²) < 4.78 is 18.1. The van der Waals surface area contributed by atoms with Gasteiger partial charge >= 0.3 is 0 Å². The minimum absolute atomic E-state index is 0.125. The molecule has 0 bridgehead atoms. The van der Waals surface area contributed by atoms with Crippen LogP contribution in [0.15, 0.2) is 42.5 Å². The number of nitrogens with one attached hydrogen (secondary N) is 1. The van der Waals surface area contributed by atoms with Crippen molar-refractivity contribution in [3.05, 3.63) is 59.4 Å². The van der Waals surface area contributed by atoms with Gasteiger partial charge in [-0.3, -0.25) is 4.79 Å². The molecule has 0 aromatic heterocycles. The van der Waals surface area contributed by atoms with Crippen LogP contribution in [-0.2, 0) is 11.2 Å². The van der Waals surface area contributed by atoms with E-state index in [4.69, 9.17) is 4.74 Å². The molecule has 0 saturated heterocycles. The number of halogens is 1. The molecule has 0 saturated carbocycles. The van der Waals surface area contributed by atoms with Gasteiger partial charge in [-0.15, -0.1) is 0 Å². The van der Waals surface area contributed by atoms with E-state index in [0.717, 1.165) is 5.56 Å². The number of hydrogen-bond donors (Lipinski definition) is 1. The van der Waals surface area contributed by atoms with Gasteiger partial charge in [-0.05, 0) is 31.0 Å². The van der Waals surface area contributed by atoms with E-state index in [1.54, 1.807) is 0 Å².